The molecule has 0 unspecified atom stereocenters. The topological polar surface area (TPSA) is 88.6 Å². The molecule has 1 amide bonds. The molecule has 3 aromatic heterocycles. The Morgan fingerprint density at radius 2 is 2.03 bits per heavy atom. The Hall–Kier alpha value is -2.76. The van der Waals surface area contributed by atoms with Crippen molar-refractivity contribution in [3.8, 4) is 0 Å². The average molecular weight is 454 g/mol. The molecule has 1 saturated heterocycles. The molecule has 4 rings (SSSR count). The van der Waals surface area contributed by atoms with E-state index in [2.05, 4.69) is 20.6 Å². The number of furan rings is 1. The van der Waals surface area contributed by atoms with Crippen molar-refractivity contribution in [1.82, 2.24) is 25.1 Å². The SMILES string of the molecule is O=C(NCCSCc1ccco1)C1CCN(c2ccc3nnc(C(F)(F)F)n3n2)CC1. The van der Waals surface area contributed by atoms with Crippen LogP contribution in [0.5, 0.6) is 0 Å². The molecule has 0 radical (unpaired) electrons. The predicted octanol–water partition coefficient (Wildman–Crippen LogP) is 3.00. The van der Waals surface area contributed by atoms with Gasteiger partial charge in [0.1, 0.15) is 11.6 Å². The lowest BCUT2D eigenvalue weighted by atomic mass is 9.96. The van der Waals surface area contributed by atoms with Gasteiger partial charge in [-0.05, 0) is 37.1 Å². The first-order valence-electron chi connectivity index (χ1n) is 9.84. The number of carbonyl (C=O) groups excluding carboxylic acids is 1. The van der Waals surface area contributed by atoms with Crippen LogP contribution < -0.4 is 10.2 Å². The molecule has 166 valence electrons. The molecule has 0 bridgehead atoms. The van der Waals surface area contributed by atoms with Crippen molar-refractivity contribution < 1.29 is 22.4 Å². The van der Waals surface area contributed by atoms with Gasteiger partial charge < -0.3 is 14.6 Å². The molecule has 0 atom stereocenters. The molecule has 1 aliphatic heterocycles. The zero-order chi connectivity index (χ0) is 21.8. The van der Waals surface area contributed by atoms with Gasteiger partial charge in [0.25, 0.3) is 5.82 Å². The van der Waals surface area contributed by atoms with Crippen molar-refractivity contribution in [2.45, 2.75) is 24.8 Å². The molecular weight excluding hydrogens is 433 g/mol. The number of nitrogens with zero attached hydrogens (tertiary/aromatic N) is 5. The molecule has 4 heterocycles. The summed E-state index contributed by atoms with van der Waals surface area (Å²) in [6.45, 7) is 1.65. The van der Waals surface area contributed by atoms with Crippen molar-refractivity contribution >= 4 is 29.1 Å². The third-order valence-electron chi connectivity index (χ3n) is 5.06. The molecular formula is C19H21F3N6O2S. The summed E-state index contributed by atoms with van der Waals surface area (Å²) >= 11 is 1.68. The summed E-state index contributed by atoms with van der Waals surface area (Å²) in [6.07, 6.45) is -1.77. The smallest absolute Gasteiger partial charge is 0.453 e. The maximum atomic E-state index is 13.1. The minimum Gasteiger partial charge on any atom is -0.468 e. The fraction of sp³-hybridized carbons (Fsp3) is 0.474. The van der Waals surface area contributed by atoms with Crippen LogP contribution in [-0.2, 0) is 16.7 Å². The van der Waals surface area contributed by atoms with Gasteiger partial charge in [-0.1, -0.05) is 0 Å². The first kappa shape index (κ1) is 21.5. The molecule has 0 spiro atoms. The third-order valence-corrected chi connectivity index (χ3v) is 6.04. The highest BCUT2D eigenvalue weighted by atomic mass is 32.2. The van der Waals surface area contributed by atoms with E-state index in [1.165, 1.54) is 6.07 Å². The van der Waals surface area contributed by atoms with Crippen LogP contribution in [0.3, 0.4) is 0 Å². The number of nitrogens with one attached hydrogen (secondary N) is 1. The van der Waals surface area contributed by atoms with E-state index in [9.17, 15) is 18.0 Å². The van der Waals surface area contributed by atoms with E-state index in [1.54, 1.807) is 24.1 Å². The second-order valence-electron chi connectivity index (χ2n) is 7.17. The highest BCUT2D eigenvalue weighted by Crippen LogP contribution is 2.28. The van der Waals surface area contributed by atoms with Gasteiger partial charge in [-0.2, -0.15) is 29.4 Å². The fourth-order valence-electron chi connectivity index (χ4n) is 3.45. The zero-order valence-corrected chi connectivity index (χ0v) is 17.3. The van der Waals surface area contributed by atoms with Crippen LogP contribution in [-0.4, -0.2) is 51.1 Å². The van der Waals surface area contributed by atoms with Crippen LogP contribution in [0.2, 0.25) is 0 Å². The Labute approximate surface area is 180 Å². The molecule has 0 saturated carbocycles. The summed E-state index contributed by atoms with van der Waals surface area (Å²) < 4.78 is 45.2. The highest BCUT2D eigenvalue weighted by Gasteiger charge is 2.38. The normalized spacial score (nSPS) is 15.5. The minimum atomic E-state index is -4.63. The van der Waals surface area contributed by atoms with Crippen LogP contribution >= 0.6 is 11.8 Å². The number of piperidine rings is 1. The summed E-state index contributed by atoms with van der Waals surface area (Å²) in [5, 5.41) is 13.7. The number of alkyl halides is 3. The van der Waals surface area contributed by atoms with Crippen LogP contribution in [0.15, 0.2) is 34.9 Å². The van der Waals surface area contributed by atoms with Gasteiger partial charge in [0.15, 0.2) is 5.65 Å². The molecule has 1 N–H and O–H groups in total. The van der Waals surface area contributed by atoms with Crippen molar-refractivity contribution in [3.63, 3.8) is 0 Å². The van der Waals surface area contributed by atoms with Crippen molar-refractivity contribution in [3.05, 3.63) is 42.1 Å². The van der Waals surface area contributed by atoms with E-state index in [0.717, 1.165) is 17.3 Å². The van der Waals surface area contributed by atoms with E-state index in [4.69, 9.17) is 4.42 Å². The van der Waals surface area contributed by atoms with Gasteiger partial charge in [0.2, 0.25) is 5.91 Å². The largest absolute Gasteiger partial charge is 0.468 e. The number of aromatic nitrogens is 4. The molecule has 31 heavy (non-hydrogen) atoms. The van der Waals surface area contributed by atoms with E-state index in [-0.39, 0.29) is 17.5 Å². The Bertz CT molecular complexity index is 1020. The molecule has 0 aromatic carbocycles. The number of fused-ring (bicyclic) bond motifs is 1. The van der Waals surface area contributed by atoms with E-state index >= 15 is 0 Å². The number of hydrogen-bond donors (Lipinski definition) is 1. The Balaban J connectivity index is 1.26. The van der Waals surface area contributed by atoms with Crippen molar-refractivity contribution in [1.29, 1.82) is 0 Å². The molecule has 3 aromatic rings. The number of anilines is 1. The Morgan fingerprint density at radius 1 is 1.23 bits per heavy atom. The second kappa shape index (κ2) is 9.16. The number of amides is 1. The summed E-state index contributed by atoms with van der Waals surface area (Å²) in [5.41, 5.74) is 0.0373. The lowest BCUT2D eigenvalue weighted by Crippen LogP contribution is -2.41. The first-order valence-corrected chi connectivity index (χ1v) is 11.0. The third kappa shape index (κ3) is 5.12. The predicted molar refractivity (Wildman–Crippen MR) is 109 cm³/mol. The minimum absolute atomic E-state index is 0.0137. The fourth-order valence-corrected chi connectivity index (χ4v) is 4.21. The first-order chi connectivity index (χ1) is 14.9. The lowest BCUT2D eigenvalue weighted by Gasteiger charge is -2.32. The van der Waals surface area contributed by atoms with Crippen LogP contribution in [0.4, 0.5) is 19.0 Å². The van der Waals surface area contributed by atoms with Gasteiger partial charge in [0.05, 0.1) is 12.0 Å². The molecule has 12 heteroatoms. The summed E-state index contributed by atoms with van der Waals surface area (Å²) in [6, 6.07) is 6.85. The zero-order valence-electron chi connectivity index (χ0n) is 16.5. The van der Waals surface area contributed by atoms with E-state index in [1.807, 2.05) is 17.0 Å². The highest BCUT2D eigenvalue weighted by molar-refractivity contribution is 7.98. The van der Waals surface area contributed by atoms with Gasteiger partial charge >= 0.3 is 6.18 Å². The van der Waals surface area contributed by atoms with Gasteiger partial charge in [-0.3, -0.25) is 4.79 Å². The maximum Gasteiger partial charge on any atom is 0.453 e. The number of carbonyl (C=O) groups is 1. The average Bonchev–Trinajstić information content (AvgIpc) is 3.42. The van der Waals surface area contributed by atoms with Crippen molar-refractivity contribution in [2.24, 2.45) is 5.92 Å². The van der Waals surface area contributed by atoms with Gasteiger partial charge in [0, 0.05) is 31.3 Å². The Kier molecular flexibility index (Phi) is 6.35. The molecule has 0 aliphatic carbocycles. The molecule has 8 nitrogen and oxygen atoms in total. The van der Waals surface area contributed by atoms with Gasteiger partial charge in [-0.15, -0.1) is 15.3 Å². The van der Waals surface area contributed by atoms with Crippen LogP contribution in [0, 0.1) is 5.92 Å². The number of rotatable bonds is 7. The number of hydrogen-bond acceptors (Lipinski definition) is 7. The summed E-state index contributed by atoms with van der Waals surface area (Å²) in [4.78, 5) is 14.3. The second-order valence-corrected chi connectivity index (χ2v) is 8.27. The standard InChI is InChI=1S/C19H21F3N6O2S/c20-19(21,22)18-25-24-15-3-4-16(26-28(15)18)27-8-5-13(6-9-27)17(29)23-7-11-31-12-14-2-1-10-30-14/h1-4,10,13H,5-9,11-12H2,(H,23,29). The van der Waals surface area contributed by atoms with E-state index in [0.29, 0.717) is 42.8 Å². The Morgan fingerprint density at radius 3 is 2.74 bits per heavy atom. The monoisotopic (exact) mass is 454 g/mol. The quantitative estimate of drug-likeness (QED) is 0.549. The molecule has 1 aliphatic rings. The number of halogens is 3. The summed E-state index contributed by atoms with van der Waals surface area (Å²) in [7, 11) is 0. The maximum absolute atomic E-state index is 13.1. The number of thioether (sulfide) groups is 1. The lowest BCUT2D eigenvalue weighted by molar-refractivity contribution is -0.146. The summed E-state index contributed by atoms with van der Waals surface area (Å²) in [5.74, 6) is 1.62. The van der Waals surface area contributed by atoms with Crippen LogP contribution in [0.1, 0.15) is 24.4 Å². The van der Waals surface area contributed by atoms with Gasteiger partial charge in [-0.25, -0.2) is 0 Å². The van der Waals surface area contributed by atoms with Crippen LogP contribution in [0.25, 0.3) is 5.65 Å². The van der Waals surface area contributed by atoms with E-state index < -0.39 is 12.0 Å². The van der Waals surface area contributed by atoms with Crippen molar-refractivity contribution in [2.75, 3.05) is 30.3 Å². The molecule has 1 fully saturated rings.